The van der Waals surface area contributed by atoms with Gasteiger partial charge in [-0.2, -0.15) is 0 Å². The fourth-order valence-electron chi connectivity index (χ4n) is 2.34. The topological polar surface area (TPSA) is 47.0 Å². The number of fused-ring (bicyclic) bond motifs is 1. The van der Waals surface area contributed by atoms with Crippen molar-refractivity contribution >= 4 is 16.7 Å². The second kappa shape index (κ2) is 5.66. The molecule has 6 heteroatoms. The number of alkyl halides is 2. The molecule has 1 saturated heterocycles. The number of hydrogen-bond donors (Lipinski definition) is 1. The van der Waals surface area contributed by atoms with E-state index in [1.54, 1.807) is 12.1 Å². The fourth-order valence-corrected chi connectivity index (χ4v) is 2.34. The van der Waals surface area contributed by atoms with Crippen LogP contribution in [0.4, 0.5) is 14.6 Å². The lowest BCUT2D eigenvalue weighted by Gasteiger charge is -2.24. The number of hydrogen-bond acceptors (Lipinski definition) is 4. The highest BCUT2D eigenvalue weighted by molar-refractivity contribution is 5.89. The van der Waals surface area contributed by atoms with Gasteiger partial charge in [0.1, 0.15) is 5.82 Å². The van der Waals surface area contributed by atoms with E-state index in [-0.39, 0.29) is 6.04 Å². The molecule has 0 atom stereocenters. The Bertz CT molecular complexity index is 600. The van der Waals surface area contributed by atoms with E-state index in [2.05, 4.69) is 15.3 Å². The van der Waals surface area contributed by atoms with E-state index in [9.17, 15) is 8.78 Å². The maximum Gasteiger partial charge on any atom is 0.297 e. The summed E-state index contributed by atoms with van der Waals surface area (Å²) in [4.78, 5) is 7.88. The summed E-state index contributed by atoms with van der Waals surface area (Å²) in [6, 6.07) is 7.39. The monoisotopic (exact) mass is 279 g/mol. The first-order chi connectivity index (χ1) is 9.74. The number of rotatable bonds is 3. The summed E-state index contributed by atoms with van der Waals surface area (Å²) in [5.41, 5.74) is 0.535. The molecule has 1 aromatic carbocycles. The van der Waals surface area contributed by atoms with E-state index in [1.807, 2.05) is 12.1 Å². The molecule has 4 nitrogen and oxygen atoms in total. The van der Waals surface area contributed by atoms with Gasteiger partial charge in [-0.05, 0) is 25.0 Å². The Morgan fingerprint density at radius 1 is 1.15 bits per heavy atom. The highest BCUT2D eigenvalue weighted by atomic mass is 19.3. The van der Waals surface area contributed by atoms with Crippen molar-refractivity contribution in [3.05, 3.63) is 30.1 Å². The molecule has 1 fully saturated rings. The van der Waals surface area contributed by atoms with Crippen molar-refractivity contribution < 1.29 is 13.5 Å². The molecule has 0 amide bonds. The summed E-state index contributed by atoms with van der Waals surface area (Å²) in [6.07, 6.45) is -0.972. The van der Waals surface area contributed by atoms with Crippen LogP contribution in [0.3, 0.4) is 0 Å². The summed E-state index contributed by atoms with van der Waals surface area (Å²) in [5.74, 6) is 0.0519. The SMILES string of the molecule is FC(F)c1nc(NC2CCOCC2)c2ccccc2n1. The maximum atomic E-state index is 12.9. The molecule has 2 aromatic rings. The Kier molecular flexibility index (Phi) is 3.73. The average Bonchev–Trinajstić information content (AvgIpc) is 2.48. The van der Waals surface area contributed by atoms with Gasteiger partial charge in [0.25, 0.3) is 6.43 Å². The quantitative estimate of drug-likeness (QED) is 0.937. The maximum absolute atomic E-state index is 12.9. The summed E-state index contributed by atoms with van der Waals surface area (Å²) in [5, 5.41) is 4.02. The molecule has 0 radical (unpaired) electrons. The van der Waals surface area contributed by atoms with Crippen molar-refractivity contribution in [1.82, 2.24) is 9.97 Å². The molecule has 0 bridgehead atoms. The van der Waals surface area contributed by atoms with E-state index in [0.29, 0.717) is 24.5 Å². The molecule has 0 unspecified atom stereocenters. The lowest BCUT2D eigenvalue weighted by Crippen LogP contribution is -2.28. The first kappa shape index (κ1) is 13.2. The van der Waals surface area contributed by atoms with Gasteiger partial charge >= 0.3 is 0 Å². The van der Waals surface area contributed by atoms with Crippen LogP contribution in [0.2, 0.25) is 0 Å². The molecule has 3 rings (SSSR count). The zero-order chi connectivity index (χ0) is 13.9. The predicted octanol–water partition coefficient (Wildman–Crippen LogP) is 3.16. The average molecular weight is 279 g/mol. The largest absolute Gasteiger partial charge is 0.381 e. The minimum absolute atomic E-state index is 0.201. The third-order valence-corrected chi connectivity index (χ3v) is 3.38. The van der Waals surface area contributed by atoms with Gasteiger partial charge in [-0.1, -0.05) is 12.1 Å². The van der Waals surface area contributed by atoms with E-state index in [1.165, 1.54) is 0 Å². The van der Waals surface area contributed by atoms with Crippen LogP contribution < -0.4 is 5.32 Å². The Labute approximate surface area is 115 Å². The first-order valence-electron chi connectivity index (χ1n) is 6.63. The highest BCUT2D eigenvalue weighted by Gasteiger charge is 2.18. The number of anilines is 1. The van der Waals surface area contributed by atoms with Crippen LogP contribution in [-0.2, 0) is 4.74 Å². The fraction of sp³-hybridized carbons (Fsp3) is 0.429. The van der Waals surface area contributed by atoms with Gasteiger partial charge in [-0.3, -0.25) is 0 Å². The second-order valence-corrected chi connectivity index (χ2v) is 4.78. The van der Waals surface area contributed by atoms with E-state index < -0.39 is 12.2 Å². The van der Waals surface area contributed by atoms with Gasteiger partial charge in [0.05, 0.1) is 5.52 Å². The highest BCUT2D eigenvalue weighted by Crippen LogP contribution is 2.25. The zero-order valence-corrected chi connectivity index (χ0v) is 10.9. The van der Waals surface area contributed by atoms with E-state index in [0.717, 1.165) is 18.2 Å². The van der Waals surface area contributed by atoms with Gasteiger partial charge in [-0.15, -0.1) is 0 Å². The Morgan fingerprint density at radius 2 is 1.90 bits per heavy atom. The standard InChI is InChI=1S/C14H15F2N3O/c15-12(16)14-18-11-4-2-1-3-10(11)13(19-14)17-9-5-7-20-8-6-9/h1-4,9,12H,5-8H2,(H,17,18,19). The third kappa shape index (κ3) is 2.70. The number of aromatic nitrogens is 2. The zero-order valence-electron chi connectivity index (χ0n) is 10.9. The Balaban J connectivity index is 1.98. The normalized spacial score (nSPS) is 16.8. The van der Waals surface area contributed by atoms with Gasteiger partial charge in [0.2, 0.25) is 0 Å². The molecule has 1 aliphatic heterocycles. The Morgan fingerprint density at radius 3 is 2.65 bits per heavy atom. The van der Waals surface area contributed by atoms with Crippen molar-refractivity contribution in [2.75, 3.05) is 18.5 Å². The van der Waals surface area contributed by atoms with Crippen LogP contribution in [0.25, 0.3) is 10.9 Å². The Hall–Kier alpha value is -1.82. The van der Waals surface area contributed by atoms with Gasteiger partial charge in [0, 0.05) is 24.6 Å². The number of nitrogens with one attached hydrogen (secondary N) is 1. The number of halogens is 2. The van der Waals surface area contributed by atoms with Crippen molar-refractivity contribution in [1.29, 1.82) is 0 Å². The van der Waals surface area contributed by atoms with Crippen molar-refractivity contribution in [3.8, 4) is 0 Å². The van der Waals surface area contributed by atoms with Gasteiger partial charge in [-0.25, -0.2) is 18.7 Å². The molecule has 2 heterocycles. The number of nitrogens with zero attached hydrogens (tertiary/aromatic N) is 2. The molecule has 1 aromatic heterocycles. The number of benzene rings is 1. The van der Waals surface area contributed by atoms with Crippen LogP contribution in [0, 0.1) is 0 Å². The summed E-state index contributed by atoms with van der Waals surface area (Å²) in [6.45, 7) is 1.37. The molecule has 106 valence electrons. The van der Waals surface area contributed by atoms with Crippen LogP contribution in [0.5, 0.6) is 0 Å². The molecular weight excluding hydrogens is 264 g/mol. The third-order valence-electron chi connectivity index (χ3n) is 3.38. The van der Waals surface area contributed by atoms with Crippen LogP contribution in [0.15, 0.2) is 24.3 Å². The van der Waals surface area contributed by atoms with E-state index >= 15 is 0 Å². The van der Waals surface area contributed by atoms with Crippen molar-refractivity contribution in [3.63, 3.8) is 0 Å². The minimum atomic E-state index is -2.67. The molecule has 1 aliphatic rings. The lowest BCUT2D eigenvalue weighted by molar-refractivity contribution is 0.0903. The van der Waals surface area contributed by atoms with Crippen molar-refractivity contribution in [2.45, 2.75) is 25.3 Å². The van der Waals surface area contributed by atoms with Crippen molar-refractivity contribution in [2.24, 2.45) is 0 Å². The van der Waals surface area contributed by atoms with Gasteiger partial charge < -0.3 is 10.1 Å². The number of para-hydroxylation sites is 1. The van der Waals surface area contributed by atoms with E-state index in [4.69, 9.17) is 4.74 Å². The summed E-state index contributed by atoms with van der Waals surface area (Å²) >= 11 is 0. The molecule has 1 N–H and O–H groups in total. The predicted molar refractivity (Wildman–Crippen MR) is 72.0 cm³/mol. The molecule has 20 heavy (non-hydrogen) atoms. The second-order valence-electron chi connectivity index (χ2n) is 4.78. The molecule has 0 spiro atoms. The first-order valence-corrected chi connectivity index (χ1v) is 6.63. The minimum Gasteiger partial charge on any atom is -0.381 e. The van der Waals surface area contributed by atoms with Crippen LogP contribution in [0.1, 0.15) is 25.1 Å². The lowest BCUT2D eigenvalue weighted by atomic mass is 10.1. The van der Waals surface area contributed by atoms with Crippen LogP contribution in [-0.4, -0.2) is 29.2 Å². The molecule has 0 aliphatic carbocycles. The summed E-state index contributed by atoms with van der Waals surface area (Å²) in [7, 11) is 0. The smallest absolute Gasteiger partial charge is 0.297 e. The molecular formula is C14H15F2N3O. The van der Waals surface area contributed by atoms with Crippen LogP contribution >= 0.6 is 0 Å². The molecule has 0 saturated carbocycles. The number of ether oxygens (including phenoxy) is 1. The summed E-state index contributed by atoms with van der Waals surface area (Å²) < 4.78 is 31.1. The van der Waals surface area contributed by atoms with Gasteiger partial charge in [0.15, 0.2) is 5.82 Å².